The first-order valence-electron chi connectivity index (χ1n) is 3.66. The molecule has 0 aliphatic rings. The van der Waals surface area contributed by atoms with Crippen molar-refractivity contribution in [3.63, 3.8) is 0 Å². The molecule has 0 amide bonds. The Labute approximate surface area is 65.0 Å². The van der Waals surface area contributed by atoms with Crippen molar-refractivity contribution in [3.05, 3.63) is 38.0 Å². The molecule has 0 spiro atoms. The summed E-state index contributed by atoms with van der Waals surface area (Å²) in [5, 5.41) is 0. The van der Waals surface area contributed by atoms with Crippen LogP contribution >= 0.6 is 0 Å². The molecule has 0 fully saturated rings. The van der Waals surface area contributed by atoms with Gasteiger partial charge in [0.15, 0.2) is 0 Å². The molecule has 0 unspecified atom stereocenters. The van der Waals surface area contributed by atoms with E-state index in [0.717, 1.165) is 12.8 Å². The monoisotopic (exact) mass is 138 g/mol. The minimum atomic E-state index is 0.917. The lowest BCUT2D eigenvalue weighted by atomic mass is 10.3. The van der Waals surface area contributed by atoms with Crippen molar-refractivity contribution in [1.82, 2.24) is 0 Å². The number of rotatable bonds is 4. The Balaban J connectivity index is 0. The van der Waals surface area contributed by atoms with E-state index in [2.05, 4.69) is 26.7 Å². The van der Waals surface area contributed by atoms with E-state index < -0.39 is 0 Å². The lowest BCUT2D eigenvalue weighted by Crippen LogP contribution is -1.52. The number of hydrogen-bond acceptors (Lipinski definition) is 0. The molecule has 0 aliphatic heterocycles. The van der Waals surface area contributed by atoms with Crippen molar-refractivity contribution >= 4 is 0 Å². The highest BCUT2D eigenvalue weighted by molar-refractivity contribution is 4.79. The summed E-state index contributed by atoms with van der Waals surface area (Å²) in [6.45, 7) is 12.6. The predicted molar refractivity (Wildman–Crippen MR) is 50.1 cm³/mol. The van der Waals surface area contributed by atoms with Crippen LogP contribution in [0.15, 0.2) is 38.0 Å². The summed E-state index contributed by atoms with van der Waals surface area (Å²) >= 11 is 0. The molecule has 0 bridgehead atoms. The van der Waals surface area contributed by atoms with E-state index in [1.807, 2.05) is 18.2 Å². The van der Waals surface area contributed by atoms with Crippen molar-refractivity contribution in [2.45, 2.75) is 26.2 Å². The van der Waals surface area contributed by atoms with Crippen LogP contribution < -0.4 is 0 Å². The second-order valence-electron chi connectivity index (χ2n) is 1.89. The summed E-state index contributed by atoms with van der Waals surface area (Å²) < 4.78 is 0. The number of allylic oxidation sites excluding steroid dienone is 3. The highest BCUT2D eigenvalue weighted by atomic mass is 13.7. The molecule has 10 heavy (non-hydrogen) atoms. The van der Waals surface area contributed by atoms with Crippen molar-refractivity contribution in [1.29, 1.82) is 0 Å². The maximum Gasteiger partial charge on any atom is -0.0175 e. The second kappa shape index (κ2) is 15.7. The fourth-order valence-electron chi connectivity index (χ4n) is 0.322. The van der Waals surface area contributed by atoms with Gasteiger partial charge in [-0.05, 0) is 12.8 Å². The lowest BCUT2D eigenvalue weighted by Gasteiger charge is -1.72. The first-order valence-corrected chi connectivity index (χ1v) is 3.66. The predicted octanol–water partition coefficient (Wildman–Crippen LogP) is 3.72. The van der Waals surface area contributed by atoms with Crippen LogP contribution in [0.4, 0.5) is 0 Å². The van der Waals surface area contributed by atoms with Crippen LogP contribution in [0.1, 0.15) is 26.2 Å². The summed E-state index contributed by atoms with van der Waals surface area (Å²) in [7, 11) is 0. The Kier molecular flexibility index (Phi) is 18.8. The fraction of sp³-hybridized carbons (Fsp3) is 0.400. The molecule has 0 rings (SSSR count). The van der Waals surface area contributed by atoms with Gasteiger partial charge in [0.2, 0.25) is 0 Å². The van der Waals surface area contributed by atoms with Gasteiger partial charge >= 0.3 is 0 Å². The molecule has 0 radical (unpaired) electrons. The van der Waals surface area contributed by atoms with Crippen LogP contribution in [0.5, 0.6) is 0 Å². The van der Waals surface area contributed by atoms with Crippen LogP contribution in [-0.2, 0) is 0 Å². The average Bonchev–Trinajstić information content (AvgIpc) is 1.93. The van der Waals surface area contributed by atoms with Gasteiger partial charge in [-0.2, -0.15) is 0 Å². The molecule has 0 aromatic carbocycles. The van der Waals surface area contributed by atoms with Gasteiger partial charge in [0.05, 0.1) is 0 Å². The van der Waals surface area contributed by atoms with E-state index in [1.54, 1.807) is 0 Å². The second-order valence-corrected chi connectivity index (χ2v) is 1.89. The zero-order valence-electron chi connectivity index (χ0n) is 6.97. The standard InChI is InChI=1S/C5H10.C5H8/c2*1-3-5-4-2/h3H,1,4-5H2,2H3;3-4H,1-2,5H2. The number of unbranched alkanes of at least 4 members (excludes halogenated alkanes) is 1. The molecule has 58 valence electrons. The van der Waals surface area contributed by atoms with Gasteiger partial charge < -0.3 is 0 Å². The average molecular weight is 138 g/mol. The largest absolute Gasteiger partial charge is 0.103 e. The third-order valence-corrected chi connectivity index (χ3v) is 0.826. The maximum atomic E-state index is 3.55. The van der Waals surface area contributed by atoms with E-state index in [4.69, 9.17) is 0 Å². The van der Waals surface area contributed by atoms with E-state index in [9.17, 15) is 0 Å². The van der Waals surface area contributed by atoms with Crippen molar-refractivity contribution in [2.75, 3.05) is 0 Å². The summed E-state index contributed by atoms with van der Waals surface area (Å²) in [5.41, 5.74) is 0. The van der Waals surface area contributed by atoms with Gasteiger partial charge in [-0.25, -0.2) is 0 Å². The van der Waals surface area contributed by atoms with Crippen molar-refractivity contribution in [3.8, 4) is 0 Å². The molecule has 0 saturated heterocycles. The Morgan fingerprint density at radius 1 is 1.00 bits per heavy atom. The van der Waals surface area contributed by atoms with Gasteiger partial charge in [0, 0.05) is 0 Å². The summed E-state index contributed by atoms with van der Waals surface area (Å²) in [5.74, 6) is 0. The van der Waals surface area contributed by atoms with Crippen molar-refractivity contribution < 1.29 is 0 Å². The molecule has 0 aliphatic carbocycles. The molecule has 0 heterocycles. The van der Waals surface area contributed by atoms with Crippen LogP contribution in [0.25, 0.3) is 0 Å². The molecular formula is C10H18. The molecule has 0 aromatic heterocycles. The third-order valence-electron chi connectivity index (χ3n) is 0.826. The van der Waals surface area contributed by atoms with Crippen molar-refractivity contribution in [2.24, 2.45) is 0 Å². The molecule has 0 aromatic rings. The quantitative estimate of drug-likeness (QED) is 0.519. The first-order chi connectivity index (χ1) is 4.83. The Morgan fingerprint density at radius 3 is 1.50 bits per heavy atom. The van der Waals surface area contributed by atoms with Crippen LogP contribution in [-0.4, -0.2) is 0 Å². The molecule has 0 heteroatoms. The van der Waals surface area contributed by atoms with Crippen LogP contribution in [0.2, 0.25) is 0 Å². The molecule has 0 N–H and O–H groups in total. The SMILES string of the molecule is C=CCC=C.C=CCCC. The zero-order chi connectivity index (χ0) is 8.24. The van der Waals surface area contributed by atoms with Gasteiger partial charge in [-0.15, -0.1) is 19.7 Å². The van der Waals surface area contributed by atoms with Crippen LogP contribution in [0, 0.1) is 0 Å². The minimum absolute atomic E-state index is 0.917. The molecule has 0 nitrogen and oxygen atoms in total. The summed E-state index contributed by atoms with van der Waals surface area (Å²) in [4.78, 5) is 0. The zero-order valence-corrected chi connectivity index (χ0v) is 6.97. The number of hydrogen-bond donors (Lipinski definition) is 0. The molecule has 0 saturated carbocycles. The molecule has 0 atom stereocenters. The normalized spacial score (nSPS) is 6.90. The van der Waals surface area contributed by atoms with Gasteiger partial charge in [0.1, 0.15) is 0 Å². The highest BCUT2D eigenvalue weighted by Gasteiger charge is 1.61. The van der Waals surface area contributed by atoms with E-state index in [0.29, 0.717) is 0 Å². The first kappa shape index (κ1) is 12.0. The summed E-state index contributed by atoms with van der Waals surface area (Å²) in [6, 6.07) is 0. The lowest BCUT2D eigenvalue weighted by molar-refractivity contribution is 0.961. The van der Waals surface area contributed by atoms with E-state index in [-0.39, 0.29) is 0 Å². The Morgan fingerprint density at radius 2 is 1.50 bits per heavy atom. The topological polar surface area (TPSA) is 0 Å². The maximum absolute atomic E-state index is 3.55. The minimum Gasteiger partial charge on any atom is -0.103 e. The van der Waals surface area contributed by atoms with Gasteiger partial charge in [-0.1, -0.05) is 31.6 Å². The summed E-state index contributed by atoms with van der Waals surface area (Å²) in [6.07, 6.45) is 8.85. The van der Waals surface area contributed by atoms with E-state index in [1.165, 1.54) is 6.42 Å². The van der Waals surface area contributed by atoms with Crippen LogP contribution in [0.3, 0.4) is 0 Å². The highest BCUT2D eigenvalue weighted by Crippen LogP contribution is 1.82. The van der Waals surface area contributed by atoms with Gasteiger partial charge in [0.25, 0.3) is 0 Å². The smallest absolute Gasteiger partial charge is 0.0175 e. The van der Waals surface area contributed by atoms with Gasteiger partial charge in [-0.3, -0.25) is 0 Å². The fourth-order valence-corrected chi connectivity index (χ4v) is 0.322. The Hall–Kier alpha value is -0.780. The third kappa shape index (κ3) is 26.9. The Bertz CT molecular complexity index is 74.0. The molecular weight excluding hydrogens is 120 g/mol. The van der Waals surface area contributed by atoms with E-state index >= 15 is 0 Å².